The van der Waals surface area contributed by atoms with Crippen molar-refractivity contribution in [3.63, 3.8) is 0 Å². The lowest BCUT2D eigenvalue weighted by Crippen LogP contribution is -2.43. The summed E-state index contributed by atoms with van der Waals surface area (Å²) in [6, 6.07) is 7.98. The highest BCUT2D eigenvalue weighted by molar-refractivity contribution is 8.00. The van der Waals surface area contributed by atoms with Crippen molar-refractivity contribution in [3.8, 4) is 0 Å². The number of benzene rings is 1. The van der Waals surface area contributed by atoms with Gasteiger partial charge in [0.15, 0.2) is 0 Å². The second kappa shape index (κ2) is 11.0. The molecule has 2 aliphatic heterocycles. The van der Waals surface area contributed by atoms with Gasteiger partial charge in [0, 0.05) is 17.4 Å². The van der Waals surface area contributed by atoms with Gasteiger partial charge in [0.25, 0.3) is 0 Å². The molecule has 2 saturated heterocycles. The summed E-state index contributed by atoms with van der Waals surface area (Å²) >= 11 is 1.82. The van der Waals surface area contributed by atoms with Crippen LogP contribution in [-0.2, 0) is 25.7 Å². The molecule has 31 heavy (non-hydrogen) atoms. The van der Waals surface area contributed by atoms with E-state index in [9.17, 15) is 19.2 Å². The number of fused-ring (bicyclic) bond motifs is 1. The highest BCUT2D eigenvalue weighted by atomic mass is 32.2. The maximum Gasteiger partial charge on any atom is 0.329 e. The van der Waals surface area contributed by atoms with Gasteiger partial charge in [0.2, 0.25) is 5.91 Å². The third-order valence-electron chi connectivity index (χ3n) is 5.30. The third-order valence-corrected chi connectivity index (χ3v) is 6.81. The molecular weight excluding hydrogens is 422 g/mol. The molecule has 0 aliphatic carbocycles. The van der Waals surface area contributed by atoms with Gasteiger partial charge in [-0.3, -0.25) is 9.59 Å². The number of nitrogens with one attached hydrogen (secondary N) is 3. The van der Waals surface area contributed by atoms with Crippen LogP contribution in [-0.4, -0.2) is 58.1 Å². The van der Waals surface area contributed by atoms with Crippen LogP contribution < -0.4 is 16.0 Å². The molecule has 2 aliphatic rings. The maximum absolute atomic E-state index is 12.3. The van der Waals surface area contributed by atoms with Gasteiger partial charge in [-0.2, -0.15) is 11.8 Å². The Morgan fingerprint density at radius 2 is 1.97 bits per heavy atom. The van der Waals surface area contributed by atoms with Crippen molar-refractivity contribution in [3.05, 3.63) is 35.9 Å². The molecule has 4 N–H and O–H groups in total. The zero-order valence-corrected chi connectivity index (χ0v) is 17.9. The quantitative estimate of drug-likeness (QED) is 0.228. The molecule has 9 nitrogen and oxygen atoms in total. The molecule has 3 amide bonds. The number of aliphatic carboxylic acids is 1. The number of rotatable bonds is 11. The molecule has 0 saturated carbocycles. The van der Waals surface area contributed by atoms with Gasteiger partial charge in [-0.05, 0) is 18.4 Å². The van der Waals surface area contributed by atoms with E-state index in [2.05, 4.69) is 16.0 Å². The lowest BCUT2D eigenvalue weighted by Gasteiger charge is -2.17. The van der Waals surface area contributed by atoms with Crippen LogP contribution in [0.1, 0.15) is 37.7 Å². The predicted octanol–water partition coefficient (Wildman–Crippen LogP) is 1.42. The number of hydrogen-bond acceptors (Lipinski definition) is 6. The molecule has 0 unspecified atom stereocenters. The van der Waals surface area contributed by atoms with Gasteiger partial charge < -0.3 is 25.8 Å². The Balaban J connectivity index is 1.38. The lowest BCUT2D eigenvalue weighted by atomic mass is 10.0. The highest BCUT2D eigenvalue weighted by Gasteiger charge is 2.42. The van der Waals surface area contributed by atoms with Crippen LogP contribution >= 0.6 is 11.8 Å². The smallest absolute Gasteiger partial charge is 0.329 e. The minimum atomic E-state index is -1.22. The van der Waals surface area contributed by atoms with E-state index in [1.165, 1.54) is 0 Å². The lowest BCUT2D eigenvalue weighted by molar-refractivity contribution is -0.152. The van der Waals surface area contributed by atoms with E-state index in [-0.39, 0.29) is 37.0 Å². The van der Waals surface area contributed by atoms with E-state index in [0.717, 1.165) is 24.2 Å². The number of amides is 3. The molecule has 1 aromatic rings. The standard InChI is InChI=1S/C21H27N3O6S/c25-17(9-5-4-8-16-19-15(12-31-16)23-21(29)24-19)22-14(10-18(26)27)20(28)30-11-13-6-2-1-3-7-13/h1-3,6-7,14-16,19H,4-5,8-12H2,(H,22,25)(H,26,27)(H2,23,24,29)/t14-,15-,16-,19-/m0/s1. The zero-order chi connectivity index (χ0) is 22.2. The molecule has 3 rings (SSSR count). The summed E-state index contributed by atoms with van der Waals surface area (Å²) in [5, 5.41) is 17.7. The first-order valence-electron chi connectivity index (χ1n) is 10.3. The molecule has 0 aromatic heterocycles. The average Bonchev–Trinajstić information content (AvgIpc) is 3.28. The van der Waals surface area contributed by atoms with Gasteiger partial charge in [-0.25, -0.2) is 9.59 Å². The third kappa shape index (κ3) is 6.88. The van der Waals surface area contributed by atoms with Crippen molar-refractivity contribution in [2.75, 3.05) is 5.75 Å². The Morgan fingerprint density at radius 3 is 2.71 bits per heavy atom. The molecule has 168 valence electrons. The number of carbonyl (C=O) groups is 4. The second-order valence-electron chi connectivity index (χ2n) is 7.68. The number of carboxylic acid groups (broad SMARTS) is 1. The molecule has 10 heteroatoms. The van der Waals surface area contributed by atoms with Crippen molar-refractivity contribution < 1.29 is 29.0 Å². The summed E-state index contributed by atoms with van der Waals surface area (Å²) < 4.78 is 5.17. The molecule has 4 atom stereocenters. The van der Waals surface area contributed by atoms with Crippen LogP contribution in [0.5, 0.6) is 0 Å². The fraction of sp³-hybridized carbons (Fsp3) is 0.524. The number of esters is 1. The van der Waals surface area contributed by atoms with E-state index in [1.807, 2.05) is 17.8 Å². The second-order valence-corrected chi connectivity index (χ2v) is 8.95. The van der Waals surface area contributed by atoms with Crippen molar-refractivity contribution >= 4 is 35.6 Å². The number of thioether (sulfide) groups is 1. The molecule has 0 spiro atoms. The van der Waals surface area contributed by atoms with Crippen LogP contribution in [0.3, 0.4) is 0 Å². The van der Waals surface area contributed by atoms with Gasteiger partial charge >= 0.3 is 18.0 Å². The van der Waals surface area contributed by atoms with E-state index in [1.54, 1.807) is 24.3 Å². The first-order chi connectivity index (χ1) is 14.9. The molecule has 2 heterocycles. The first-order valence-corrected chi connectivity index (χ1v) is 11.4. The summed E-state index contributed by atoms with van der Waals surface area (Å²) in [7, 11) is 0. The molecular formula is C21H27N3O6S. The van der Waals surface area contributed by atoms with E-state index in [0.29, 0.717) is 11.7 Å². The van der Waals surface area contributed by atoms with E-state index < -0.39 is 24.4 Å². The van der Waals surface area contributed by atoms with Crippen LogP contribution in [0.25, 0.3) is 0 Å². The van der Waals surface area contributed by atoms with Gasteiger partial charge in [0.05, 0.1) is 18.5 Å². The predicted molar refractivity (Wildman–Crippen MR) is 114 cm³/mol. The Labute approximate surface area is 184 Å². The number of urea groups is 1. The molecule has 2 fully saturated rings. The van der Waals surface area contributed by atoms with Crippen LogP contribution in [0.4, 0.5) is 4.79 Å². The van der Waals surface area contributed by atoms with Gasteiger partial charge in [-0.1, -0.05) is 36.8 Å². The Kier molecular flexibility index (Phi) is 8.16. The topological polar surface area (TPSA) is 134 Å². The number of carbonyl (C=O) groups excluding carboxylic acids is 3. The minimum Gasteiger partial charge on any atom is -0.481 e. The van der Waals surface area contributed by atoms with E-state index >= 15 is 0 Å². The minimum absolute atomic E-state index is 0.0122. The molecule has 0 bridgehead atoms. The number of ether oxygens (including phenoxy) is 1. The fourth-order valence-electron chi connectivity index (χ4n) is 3.74. The largest absolute Gasteiger partial charge is 0.481 e. The first kappa shape index (κ1) is 22.9. The van der Waals surface area contributed by atoms with Crippen molar-refractivity contribution in [2.24, 2.45) is 0 Å². The SMILES string of the molecule is O=C(O)C[C@H](NC(=O)CCCC[C@@H]1SC[C@@H]2NC(=O)N[C@@H]21)C(=O)OCc1ccccc1. The number of hydrogen-bond donors (Lipinski definition) is 4. The fourth-order valence-corrected chi connectivity index (χ4v) is 5.28. The summed E-state index contributed by atoms with van der Waals surface area (Å²) in [6.07, 6.45) is 1.94. The molecule has 1 aromatic carbocycles. The summed E-state index contributed by atoms with van der Waals surface area (Å²) in [4.78, 5) is 47.0. The summed E-state index contributed by atoms with van der Waals surface area (Å²) in [6.45, 7) is 0.0122. The Morgan fingerprint density at radius 1 is 1.19 bits per heavy atom. The van der Waals surface area contributed by atoms with Crippen LogP contribution in [0.2, 0.25) is 0 Å². The van der Waals surface area contributed by atoms with Gasteiger partial charge in [-0.15, -0.1) is 0 Å². The zero-order valence-electron chi connectivity index (χ0n) is 17.0. The average molecular weight is 450 g/mol. The van der Waals surface area contributed by atoms with Crippen LogP contribution in [0, 0.1) is 0 Å². The monoisotopic (exact) mass is 449 g/mol. The van der Waals surface area contributed by atoms with Crippen molar-refractivity contribution in [2.45, 2.75) is 62.1 Å². The summed E-state index contributed by atoms with van der Waals surface area (Å²) in [5.41, 5.74) is 0.775. The Hall–Kier alpha value is -2.75. The van der Waals surface area contributed by atoms with Gasteiger partial charge in [0.1, 0.15) is 12.6 Å². The normalized spacial score (nSPS) is 22.7. The van der Waals surface area contributed by atoms with Crippen molar-refractivity contribution in [1.82, 2.24) is 16.0 Å². The van der Waals surface area contributed by atoms with Crippen LogP contribution in [0.15, 0.2) is 30.3 Å². The number of unbranched alkanes of at least 4 members (excludes halogenated alkanes) is 1. The number of carboxylic acids is 1. The van der Waals surface area contributed by atoms with Crippen molar-refractivity contribution in [1.29, 1.82) is 0 Å². The molecule has 0 radical (unpaired) electrons. The summed E-state index contributed by atoms with van der Waals surface area (Å²) in [5.74, 6) is -1.45. The highest BCUT2D eigenvalue weighted by Crippen LogP contribution is 2.33. The Bertz CT molecular complexity index is 806. The maximum atomic E-state index is 12.3. The van der Waals surface area contributed by atoms with E-state index in [4.69, 9.17) is 9.84 Å².